The Balaban J connectivity index is 1.30. The molecule has 3 aliphatic rings. The number of piperidine rings is 2. The highest BCUT2D eigenvalue weighted by atomic mass is 19.1. The van der Waals surface area contributed by atoms with Gasteiger partial charge in [0, 0.05) is 30.3 Å². The lowest BCUT2D eigenvalue weighted by Crippen LogP contribution is -2.63. The number of pyridine rings is 1. The fourth-order valence-electron chi connectivity index (χ4n) is 5.50. The van der Waals surface area contributed by atoms with E-state index in [9.17, 15) is 9.18 Å². The summed E-state index contributed by atoms with van der Waals surface area (Å²) >= 11 is 0. The van der Waals surface area contributed by atoms with Gasteiger partial charge < -0.3 is 9.32 Å². The number of carbonyl (C=O) groups is 1. The first-order valence-corrected chi connectivity index (χ1v) is 11.7. The molecule has 5 heterocycles. The van der Waals surface area contributed by atoms with E-state index < -0.39 is 0 Å². The Labute approximate surface area is 195 Å². The number of aromatic nitrogens is 5. The van der Waals surface area contributed by atoms with Gasteiger partial charge in [0.05, 0.1) is 12.4 Å². The van der Waals surface area contributed by atoms with Crippen LogP contribution in [0.4, 0.5) is 4.39 Å². The lowest BCUT2D eigenvalue weighted by molar-refractivity contribution is -0.0576. The molecule has 2 atom stereocenters. The van der Waals surface area contributed by atoms with E-state index in [0.29, 0.717) is 46.6 Å². The number of oxazole rings is 1. The van der Waals surface area contributed by atoms with E-state index in [1.165, 1.54) is 16.9 Å². The lowest BCUT2D eigenvalue weighted by atomic mass is 9.64. The fourth-order valence-corrected chi connectivity index (χ4v) is 5.50. The zero-order chi connectivity index (χ0) is 23.4. The van der Waals surface area contributed by atoms with Gasteiger partial charge in [-0.1, -0.05) is 6.92 Å². The van der Waals surface area contributed by atoms with Crippen LogP contribution in [0.1, 0.15) is 48.3 Å². The van der Waals surface area contributed by atoms with Crippen LogP contribution in [0, 0.1) is 24.6 Å². The molecule has 1 saturated carbocycles. The van der Waals surface area contributed by atoms with Crippen LogP contribution in [0.2, 0.25) is 0 Å². The number of halogens is 1. The van der Waals surface area contributed by atoms with Gasteiger partial charge in [-0.15, -0.1) is 4.80 Å². The van der Waals surface area contributed by atoms with Gasteiger partial charge in [-0.3, -0.25) is 4.79 Å². The van der Waals surface area contributed by atoms with Crippen molar-refractivity contribution in [2.24, 2.45) is 11.8 Å². The first kappa shape index (κ1) is 20.9. The SMILES string of the molecule is Cc1ccc(-n2nccn2)c(C(=O)N2C3CC(C3)[C@@H](C)C2CCc2nc3ccc(F)cc3o2)n1. The molecule has 1 aliphatic carbocycles. The third-order valence-electron chi connectivity index (χ3n) is 7.38. The summed E-state index contributed by atoms with van der Waals surface area (Å²) in [5, 5.41) is 8.44. The van der Waals surface area contributed by atoms with Crippen LogP contribution >= 0.6 is 0 Å². The first-order chi connectivity index (χ1) is 16.5. The zero-order valence-corrected chi connectivity index (χ0v) is 19.1. The highest BCUT2D eigenvalue weighted by Crippen LogP contribution is 2.48. The minimum absolute atomic E-state index is 0.0393. The van der Waals surface area contributed by atoms with E-state index in [4.69, 9.17) is 4.42 Å². The molecule has 34 heavy (non-hydrogen) atoms. The van der Waals surface area contributed by atoms with E-state index in [-0.39, 0.29) is 23.8 Å². The van der Waals surface area contributed by atoms with Crippen molar-refractivity contribution >= 4 is 17.0 Å². The normalized spacial score (nSPS) is 23.8. The third-order valence-corrected chi connectivity index (χ3v) is 7.38. The summed E-state index contributed by atoms with van der Waals surface area (Å²) in [6, 6.07) is 8.32. The first-order valence-electron chi connectivity index (χ1n) is 11.7. The Hall–Kier alpha value is -3.62. The van der Waals surface area contributed by atoms with Crippen molar-refractivity contribution in [3.63, 3.8) is 0 Å². The van der Waals surface area contributed by atoms with Crippen LogP contribution < -0.4 is 0 Å². The molecule has 2 saturated heterocycles. The van der Waals surface area contributed by atoms with Crippen LogP contribution in [0.5, 0.6) is 0 Å². The summed E-state index contributed by atoms with van der Waals surface area (Å²) in [7, 11) is 0. The molecule has 0 spiro atoms. The molecule has 0 N–H and O–H groups in total. The summed E-state index contributed by atoms with van der Waals surface area (Å²) in [6.45, 7) is 4.11. The molecule has 2 aliphatic heterocycles. The molecule has 3 aromatic heterocycles. The monoisotopic (exact) mass is 460 g/mol. The number of fused-ring (bicyclic) bond motifs is 3. The molecule has 1 amide bonds. The predicted molar refractivity (Wildman–Crippen MR) is 122 cm³/mol. The molecule has 7 rings (SSSR count). The number of benzene rings is 1. The average molecular weight is 461 g/mol. The van der Waals surface area contributed by atoms with Gasteiger partial charge in [0.25, 0.3) is 5.91 Å². The molecule has 8 nitrogen and oxygen atoms in total. The quantitative estimate of drug-likeness (QED) is 0.445. The number of rotatable bonds is 5. The molecule has 3 fully saturated rings. The van der Waals surface area contributed by atoms with Crippen molar-refractivity contribution in [3.8, 4) is 5.69 Å². The van der Waals surface area contributed by atoms with Gasteiger partial charge in [0.1, 0.15) is 17.0 Å². The average Bonchev–Trinajstić information content (AvgIpc) is 3.46. The van der Waals surface area contributed by atoms with E-state index in [1.54, 1.807) is 18.5 Å². The van der Waals surface area contributed by atoms with Gasteiger partial charge in [-0.05, 0) is 62.3 Å². The van der Waals surface area contributed by atoms with Crippen LogP contribution in [0.3, 0.4) is 0 Å². The molecule has 4 aromatic rings. The highest BCUT2D eigenvalue weighted by molar-refractivity contribution is 5.96. The molecule has 174 valence electrons. The Kier molecular flexibility index (Phi) is 4.93. The zero-order valence-electron chi connectivity index (χ0n) is 19.1. The number of nitrogens with zero attached hydrogens (tertiary/aromatic N) is 6. The number of hydrogen-bond acceptors (Lipinski definition) is 6. The molecule has 1 unspecified atom stereocenters. The number of aryl methyl sites for hydroxylation is 2. The van der Waals surface area contributed by atoms with Crippen LogP contribution in [0.25, 0.3) is 16.8 Å². The molecule has 1 aromatic carbocycles. The predicted octanol–water partition coefficient (Wildman–Crippen LogP) is 4.12. The van der Waals surface area contributed by atoms with Crippen LogP contribution in [-0.2, 0) is 6.42 Å². The smallest absolute Gasteiger partial charge is 0.275 e. The molecular weight excluding hydrogens is 435 g/mol. The van der Waals surface area contributed by atoms with E-state index in [1.807, 2.05) is 24.0 Å². The summed E-state index contributed by atoms with van der Waals surface area (Å²) < 4.78 is 19.3. The van der Waals surface area contributed by atoms with Crippen LogP contribution in [0.15, 0.2) is 47.1 Å². The van der Waals surface area contributed by atoms with Gasteiger partial charge in [0.15, 0.2) is 17.2 Å². The second-order valence-corrected chi connectivity index (χ2v) is 9.42. The Bertz CT molecular complexity index is 1360. The van der Waals surface area contributed by atoms with Crippen molar-refractivity contribution in [3.05, 3.63) is 65.8 Å². The Morgan fingerprint density at radius 2 is 1.94 bits per heavy atom. The van der Waals surface area contributed by atoms with Crippen molar-refractivity contribution < 1.29 is 13.6 Å². The maximum atomic E-state index is 14.0. The van der Waals surface area contributed by atoms with Gasteiger partial charge in [0.2, 0.25) is 0 Å². The second-order valence-electron chi connectivity index (χ2n) is 9.42. The van der Waals surface area contributed by atoms with Crippen LogP contribution in [-0.4, -0.2) is 47.9 Å². The van der Waals surface area contributed by atoms with Crippen molar-refractivity contribution in [2.45, 2.75) is 51.6 Å². The lowest BCUT2D eigenvalue weighted by Gasteiger charge is -2.57. The molecular formula is C25H25FN6O2. The van der Waals surface area contributed by atoms with Gasteiger partial charge in [-0.2, -0.15) is 10.2 Å². The summed E-state index contributed by atoms with van der Waals surface area (Å²) in [5.41, 5.74) is 2.81. The standard InChI is InChI=1S/C25H25FN6O2/c1-14-3-6-21(32-27-9-10-28-32)24(29-14)25(33)31-18-11-16(12-18)15(2)20(31)7-8-23-30-19-5-4-17(26)13-22(19)34-23/h3-6,9-10,13,15-16,18,20H,7-8,11-12H2,1-2H3/t15-,16?,18?,20?/m1/s1. The van der Waals surface area contributed by atoms with E-state index >= 15 is 0 Å². The Morgan fingerprint density at radius 3 is 2.74 bits per heavy atom. The summed E-state index contributed by atoms with van der Waals surface area (Å²) in [4.78, 5) is 26.6. The maximum Gasteiger partial charge on any atom is 0.275 e. The van der Waals surface area contributed by atoms with E-state index in [0.717, 1.165) is 25.0 Å². The van der Waals surface area contributed by atoms with Gasteiger partial charge in [-0.25, -0.2) is 14.4 Å². The van der Waals surface area contributed by atoms with Crippen molar-refractivity contribution in [1.82, 2.24) is 29.9 Å². The minimum Gasteiger partial charge on any atom is -0.441 e. The summed E-state index contributed by atoms with van der Waals surface area (Å²) in [5.74, 6) is 1.10. The topological polar surface area (TPSA) is 89.9 Å². The van der Waals surface area contributed by atoms with E-state index in [2.05, 4.69) is 27.1 Å². The van der Waals surface area contributed by atoms with Crippen molar-refractivity contribution in [1.29, 1.82) is 0 Å². The second kappa shape index (κ2) is 8.00. The molecule has 0 radical (unpaired) electrons. The highest BCUT2D eigenvalue weighted by Gasteiger charge is 2.51. The fraction of sp³-hybridized carbons (Fsp3) is 0.400. The minimum atomic E-state index is -0.346. The molecule has 9 heteroatoms. The number of amides is 1. The third kappa shape index (κ3) is 3.46. The Morgan fingerprint density at radius 1 is 1.15 bits per heavy atom. The molecule has 2 bridgehead atoms. The largest absolute Gasteiger partial charge is 0.441 e. The van der Waals surface area contributed by atoms with Gasteiger partial charge >= 0.3 is 0 Å². The maximum absolute atomic E-state index is 14.0. The van der Waals surface area contributed by atoms with Crippen molar-refractivity contribution in [2.75, 3.05) is 0 Å². The summed E-state index contributed by atoms with van der Waals surface area (Å²) in [6.07, 6.45) is 6.50. The number of carbonyl (C=O) groups excluding carboxylic acids is 1. The number of hydrogen-bond donors (Lipinski definition) is 0.